The normalized spacial score (nSPS) is 15.1. The largest absolute Gasteiger partial charge is 0.508 e. The molecule has 0 amide bonds. The smallest absolute Gasteiger partial charge is 0.116 e. The molecule has 2 N–H and O–H groups in total. The highest BCUT2D eigenvalue weighted by atomic mass is 32.2. The molecule has 196 valence electrons. The van der Waals surface area contributed by atoms with E-state index in [2.05, 4.69) is 55.4 Å². The van der Waals surface area contributed by atoms with E-state index in [1.54, 1.807) is 0 Å². The summed E-state index contributed by atoms with van der Waals surface area (Å²) in [4.78, 5) is 2.65. The van der Waals surface area contributed by atoms with Crippen LogP contribution in [-0.4, -0.2) is 10.2 Å². The van der Waals surface area contributed by atoms with Crippen molar-refractivity contribution in [3.05, 3.63) is 46.5 Å². The Labute approximate surface area is 219 Å². The number of rotatable bonds is 14. The second-order valence-corrected chi connectivity index (χ2v) is 11.8. The summed E-state index contributed by atoms with van der Waals surface area (Å²) in [5.41, 5.74) is 5.08. The molecule has 0 spiro atoms. The van der Waals surface area contributed by atoms with Crippen LogP contribution < -0.4 is 0 Å². The van der Waals surface area contributed by atoms with Crippen molar-refractivity contribution in [1.82, 2.24) is 0 Å². The van der Waals surface area contributed by atoms with Crippen LogP contribution in [-0.2, 0) is 0 Å². The van der Waals surface area contributed by atoms with Gasteiger partial charge in [0.15, 0.2) is 0 Å². The Morgan fingerprint density at radius 1 is 0.514 bits per heavy atom. The van der Waals surface area contributed by atoms with Gasteiger partial charge in [-0.1, -0.05) is 92.8 Å². The zero-order chi connectivity index (χ0) is 26.1. The van der Waals surface area contributed by atoms with E-state index in [0.717, 1.165) is 51.4 Å². The van der Waals surface area contributed by atoms with Crippen molar-refractivity contribution in [3.8, 4) is 11.5 Å². The lowest BCUT2D eigenvalue weighted by Gasteiger charge is -2.27. The van der Waals surface area contributed by atoms with Crippen molar-refractivity contribution in [2.75, 3.05) is 0 Å². The van der Waals surface area contributed by atoms with E-state index in [9.17, 15) is 10.2 Å². The van der Waals surface area contributed by atoms with Gasteiger partial charge in [-0.15, -0.1) is 0 Å². The van der Waals surface area contributed by atoms with Gasteiger partial charge in [0.2, 0.25) is 0 Å². The van der Waals surface area contributed by atoms with Crippen LogP contribution in [0.15, 0.2) is 34.1 Å². The zero-order valence-electron chi connectivity index (χ0n) is 23.6. The molecular formula is C32H50O2S. The summed E-state index contributed by atoms with van der Waals surface area (Å²) >= 11 is 1.91. The SMILES string of the molecule is CCCC(C)c1cc(O)cc(C(C)CCC)c1Sc1c(C(C)CCC)cc(O)cc1C(C)CCC. The van der Waals surface area contributed by atoms with Crippen LogP contribution in [0.4, 0.5) is 0 Å². The minimum atomic E-state index is 0.382. The monoisotopic (exact) mass is 498 g/mol. The van der Waals surface area contributed by atoms with E-state index >= 15 is 0 Å². The van der Waals surface area contributed by atoms with Gasteiger partial charge in [0.1, 0.15) is 11.5 Å². The molecule has 2 aromatic rings. The number of phenols is 2. The summed E-state index contributed by atoms with van der Waals surface area (Å²) in [6, 6.07) is 8.04. The fraction of sp³-hybridized carbons (Fsp3) is 0.625. The standard InChI is InChI=1S/C32H50O2S/c1-9-13-21(5)27-17-25(33)18-28(22(6)14-10-2)31(27)35-32-29(23(7)15-11-3)19-26(34)20-30(32)24(8)16-12-4/h17-24,33-34H,9-16H2,1-8H3. The Balaban J connectivity index is 2.82. The van der Waals surface area contributed by atoms with Crippen molar-refractivity contribution >= 4 is 11.8 Å². The summed E-state index contributed by atoms with van der Waals surface area (Å²) in [6.07, 6.45) is 8.90. The van der Waals surface area contributed by atoms with Crippen LogP contribution in [0.5, 0.6) is 11.5 Å². The molecule has 0 aliphatic heterocycles. The lowest BCUT2D eigenvalue weighted by Crippen LogP contribution is -2.06. The Morgan fingerprint density at radius 3 is 0.943 bits per heavy atom. The topological polar surface area (TPSA) is 40.5 Å². The third-order valence-corrected chi connectivity index (χ3v) is 8.83. The predicted octanol–water partition coefficient (Wildman–Crippen LogP) is 10.9. The molecular weight excluding hydrogens is 448 g/mol. The highest BCUT2D eigenvalue weighted by Crippen LogP contribution is 2.49. The average Bonchev–Trinajstić information content (AvgIpc) is 2.80. The zero-order valence-corrected chi connectivity index (χ0v) is 24.4. The van der Waals surface area contributed by atoms with Crippen molar-refractivity contribution in [3.63, 3.8) is 0 Å². The molecule has 2 nitrogen and oxygen atoms in total. The van der Waals surface area contributed by atoms with Gasteiger partial charge in [0.25, 0.3) is 0 Å². The molecule has 0 saturated carbocycles. The average molecular weight is 499 g/mol. The van der Waals surface area contributed by atoms with Gasteiger partial charge in [0, 0.05) is 9.79 Å². The van der Waals surface area contributed by atoms with E-state index in [1.165, 1.54) is 32.0 Å². The molecule has 0 fully saturated rings. The van der Waals surface area contributed by atoms with E-state index in [4.69, 9.17) is 0 Å². The second-order valence-electron chi connectivity index (χ2n) is 10.8. The van der Waals surface area contributed by atoms with Gasteiger partial charge in [-0.2, -0.15) is 0 Å². The molecule has 35 heavy (non-hydrogen) atoms. The lowest BCUT2D eigenvalue weighted by molar-refractivity contribution is 0.469. The maximum absolute atomic E-state index is 10.7. The number of aromatic hydroxyl groups is 2. The predicted molar refractivity (Wildman–Crippen MR) is 154 cm³/mol. The molecule has 4 atom stereocenters. The number of phenolic OH excluding ortho intramolecular Hbond substituents is 2. The van der Waals surface area contributed by atoms with Crippen molar-refractivity contribution in [1.29, 1.82) is 0 Å². The molecule has 4 unspecified atom stereocenters. The fourth-order valence-corrected chi connectivity index (χ4v) is 7.19. The third-order valence-electron chi connectivity index (χ3n) is 7.48. The van der Waals surface area contributed by atoms with Gasteiger partial charge < -0.3 is 10.2 Å². The van der Waals surface area contributed by atoms with Crippen LogP contribution in [0.25, 0.3) is 0 Å². The number of hydrogen-bond donors (Lipinski definition) is 2. The molecule has 2 rings (SSSR count). The van der Waals surface area contributed by atoms with Gasteiger partial charge in [0.05, 0.1) is 0 Å². The van der Waals surface area contributed by atoms with Crippen LogP contribution in [0.2, 0.25) is 0 Å². The summed E-state index contributed by atoms with van der Waals surface area (Å²) in [5.74, 6) is 2.30. The van der Waals surface area contributed by atoms with Crippen LogP contribution in [0, 0.1) is 0 Å². The molecule has 2 aromatic carbocycles. The van der Waals surface area contributed by atoms with E-state index in [-0.39, 0.29) is 0 Å². The van der Waals surface area contributed by atoms with Crippen LogP contribution in [0.1, 0.15) is 153 Å². The van der Waals surface area contributed by atoms with Crippen LogP contribution >= 0.6 is 11.8 Å². The third kappa shape index (κ3) is 7.68. The fourth-order valence-electron chi connectivity index (χ4n) is 5.47. The molecule has 0 radical (unpaired) electrons. The second kappa shape index (κ2) is 14.2. The first kappa shape index (κ1) is 29.6. The van der Waals surface area contributed by atoms with E-state index in [0.29, 0.717) is 35.2 Å². The van der Waals surface area contributed by atoms with Gasteiger partial charge in [-0.25, -0.2) is 0 Å². The summed E-state index contributed by atoms with van der Waals surface area (Å²) < 4.78 is 0. The Morgan fingerprint density at radius 2 is 0.743 bits per heavy atom. The van der Waals surface area contributed by atoms with E-state index < -0.39 is 0 Å². The van der Waals surface area contributed by atoms with Gasteiger partial charge >= 0.3 is 0 Å². The first-order valence-electron chi connectivity index (χ1n) is 14.1. The minimum absolute atomic E-state index is 0.382. The summed E-state index contributed by atoms with van der Waals surface area (Å²) in [6.45, 7) is 18.2. The van der Waals surface area contributed by atoms with Crippen molar-refractivity contribution < 1.29 is 10.2 Å². The van der Waals surface area contributed by atoms with E-state index in [1.807, 2.05) is 36.0 Å². The molecule has 0 bridgehead atoms. The summed E-state index contributed by atoms with van der Waals surface area (Å²) in [7, 11) is 0. The molecule has 0 saturated heterocycles. The molecule has 3 heteroatoms. The van der Waals surface area contributed by atoms with Crippen molar-refractivity contribution in [2.45, 2.75) is 140 Å². The molecule has 0 aromatic heterocycles. The van der Waals surface area contributed by atoms with Gasteiger partial charge in [-0.05, 0) is 95.9 Å². The van der Waals surface area contributed by atoms with Crippen molar-refractivity contribution in [2.24, 2.45) is 0 Å². The molecule has 0 heterocycles. The first-order chi connectivity index (χ1) is 16.7. The van der Waals surface area contributed by atoms with Crippen LogP contribution in [0.3, 0.4) is 0 Å². The highest BCUT2D eigenvalue weighted by molar-refractivity contribution is 7.99. The molecule has 0 aliphatic rings. The Bertz CT molecular complexity index is 794. The molecule has 0 aliphatic carbocycles. The number of benzene rings is 2. The number of hydrogen-bond acceptors (Lipinski definition) is 3. The highest BCUT2D eigenvalue weighted by Gasteiger charge is 2.25. The Kier molecular flexibility index (Phi) is 12.0. The maximum Gasteiger partial charge on any atom is 0.116 e. The quantitative estimate of drug-likeness (QED) is 0.272. The maximum atomic E-state index is 10.7. The summed E-state index contributed by atoms with van der Waals surface area (Å²) in [5, 5.41) is 21.5. The van der Waals surface area contributed by atoms with Gasteiger partial charge in [-0.3, -0.25) is 0 Å². The minimum Gasteiger partial charge on any atom is -0.508 e. The first-order valence-corrected chi connectivity index (χ1v) is 14.9. The lowest BCUT2D eigenvalue weighted by atomic mass is 9.89. The Hall–Kier alpha value is -1.61.